The fraction of sp³-hybridized carbons (Fsp3) is 0.294. The molecule has 1 saturated carbocycles. The lowest BCUT2D eigenvalue weighted by molar-refractivity contribution is 0.220. The summed E-state index contributed by atoms with van der Waals surface area (Å²) in [7, 11) is 0. The van der Waals surface area contributed by atoms with E-state index in [0.29, 0.717) is 11.1 Å². The largest absolute Gasteiger partial charge is 0.490 e. The lowest BCUT2D eigenvalue weighted by Crippen LogP contribution is -2.01. The Morgan fingerprint density at radius 2 is 1.85 bits per heavy atom. The molecule has 1 unspecified atom stereocenters. The fourth-order valence-electron chi connectivity index (χ4n) is 2.14. The van der Waals surface area contributed by atoms with E-state index < -0.39 is 6.10 Å². The number of benzene rings is 2. The predicted octanol–water partition coefficient (Wildman–Crippen LogP) is 4.27. The molecule has 1 fully saturated rings. The Morgan fingerprint density at radius 1 is 1.15 bits per heavy atom. The minimum absolute atomic E-state index is 0.386. The lowest BCUT2D eigenvalue weighted by Gasteiger charge is -2.14. The van der Waals surface area contributed by atoms with Crippen molar-refractivity contribution in [2.24, 2.45) is 0 Å². The van der Waals surface area contributed by atoms with Crippen molar-refractivity contribution in [1.82, 2.24) is 0 Å². The van der Waals surface area contributed by atoms with E-state index in [0.717, 1.165) is 35.3 Å². The molecule has 20 heavy (non-hydrogen) atoms. The van der Waals surface area contributed by atoms with Gasteiger partial charge in [0.25, 0.3) is 0 Å². The molecule has 0 radical (unpaired) electrons. The van der Waals surface area contributed by atoms with E-state index in [1.54, 1.807) is 0 Å². The highest BCUT2D eigenvalue weighted by molar-refractivity contribution is 6.31. The van der Waals surface area contributed by atoms with Gasteiger partial charge in [-0.3, -0.25) is 0 Å². The van der Waals surface area contributed by atoms with Crippen molar-refractivity contribution in [3.05, 3.63) is 64.2 Å². The van der Waals surface area contributed by atoms with Gasteiger partial charge in [-0.05, 0) is 49.1 Å². The number of aliphatic hydroxyl groups is 1. The Morgan fingerprint density at radius 3 is 2.45 bits per heavy atom. The lowest BCUT2D eigenvalue weighted by atomic mass is 10.0. The van der Waals surface area contributed by atoms with Crippen LogP contribution in [-0.4, -0.2) is 11.2 Å². The van der Waals surface area contributed by atoms with Crippen LogP contribution >= 0.6 is 11.6 Å². The third kappa shape index (κ3) is 2.97. The first-order valence-electron chi connectivity index (χ1n) is 6.84. The monoisotopic (exact) mass is 288 g/mol. The normalized spacial score (nSPS) is 15.9. The van der Waals surface area contributed by atoms with Gasteiger partial charge in [-0.15, -0.1) is 0 Å². The van der Waals surface area contributed by atoms with E-state index in [4.69, 9.17) is 16.3 Å². The summed E-state index contributed by atoms with van der Waals surface area (Å²) in [5, 5.41) is 11.0. The van der Waals surface area contributed by atoms with Gasteiger partial charge in [-0.25, -0.2) is 0 Å². The number of ether oxygens (including phenoxy) is 1. The van der Waals surface area contributed by atoms with Crippen molar-refractivity contribution < 1.29 is 9.84 Å². The number of hydrogen-bond donors (Lipinski definition) is 1. The second kappa shape index (κ2) is 5.47. The van der Waals surface area contributed by atoms with Gasteiger partial charge in [0, 0.05) is 10.6 Å². The van der Waals surface area contributed by atoms with Crippen molar-refractivity contribution in [2.45, 2.75) is 32.0 Å². The van der Waals surface area contributed by atoms with Crippen molar-refractivity contribution >= 4 is 11.6 Å². The summed E-state index contributed by atoms with van der Waals surface area (Å²) in [5.41, 5.74) is 2.63. The molecule has 1 N–H and O–H groups in total. The maximum Gasteiger partial charge on any atom is 0.119 e. The van der Waals surface area contributed by atoms with Crippen LogP contribution in [0.1, 0.15) is 35.6 Å². The average molecular weight is 289 g/mol. The van der Waals surface area contributed by atoms with Crippen LogP contribution in [0.2, 0.25) is 5.02 Å². The summed E-state index contributed by atoms with van der Waals surface area (Å²) in [4.78, 5) is 0. The van der Waals surface area contributed by atoms with E-state index >= 15 is 0 Å². The van der Waals surface area contributed by atoms with Crippen LogP contribution in [0, 0.1) is 6.92 Å². The van der Waals surface area contributed by atoms with Crippen LogP contribution in [0.25, 0.3) is 0 Å². The molecule has 3 heteroatoms. The van der Waals surface area contributed by atoms with E-state index in [1.807, 2.05) is 49.4 Å². The second-order valence-electron chi connectivity index (χ2n) is 5.31. The smallest absolute Gasteiger partial charge is 0.119 e. The number of hydrogen-bond acceptors (Lipinski definition) is 2. The summed E-state index contributed by atoms with van der Waals surface area (Å²) >= 11 is 6.20. The number of rotatable bonds is 4. The summed E-state index contributed by atoms with van der Waals surface area (Å²) in [6, 6.07) is 13.3. The zero-order valence-electron chi connectivity index (χ0n) is 11.3. The molecule has 0 aliphatic heterocycles. The van der Waals surface area contributed by atoms with Crippen LogP contribution < -0.4 is 4.74 Å². The van der Waals surface area contributed by atoms with Crippen molar-refractivity contribution in [2.75, 3.05) is 0 Å². The van der Waals surface area contributed by atoms with Crippen molar-refractivity contribution in [1.29, 1.82) is 0 Å². The molecule has 0 saturated heterocycles. The van der Waals surface area contributed by atoms with E-state index in [1.165, 1.54) is 0 Å². The zero-order chi connectivity index (χ0) is 14.1. The topological polar surface area (TPSA) is 29.5 Å². The van der Waals surface area contributed by atoms with Gasteiger partial charge in [-0.1, -0.05) is 35.9 Å². The number of aryl methyl sites for hydroxylation is 1. The first-order chi connectivity index (χ1) is 9.63. The van der Waals surface area contributed by atoms with Gasteiger partial charge < -0.3 is 9.84 Å². The molecule has 104 valence electrons. The number of halogens is 1. The zero-order valence-corrected chi connectivity index (χ0v) is 12.1. The third-order valence-electron chi connectivity index (χ3n) is 3.47. The molecule has 2 aromatic carbocycles. The molecule has 0 amide bonds. The van der Waals surface area contributed by atoms with Crippen LogP contribution in [0.5, 0.6) is 5.75 Å². The maximum atomic E-state index is 10.4. The predicted molar refractivity (Wildman–Crippen MR) is 80.3 cm³/mol. The summed E-state index contributed by atoms with van der Waals surface area (Å²) in [6.45, 7) is 1.98. The molecule has 1 aliphatic carbocycles. The minimum atomic E-state index is -0.710. The summed E-state index contributed by atoms with van der Waals surface area (Å²) in [6.07, 6.45) is 1.96. The maximum absolute atomic E-state index is 10.4. The second-order valence-corrected chi connectivity index (χ2v) is 5.72. The first kappa shape index (κ1) is 13.5. The van der Waals surface area contributed by atoms with E-state index in [-0.39, 0.29) is 0 Å². The molecule has 0 heterocycles. The molecule has 0 aromatic heterocycles. The SMILES string of the molecule is Cc1ccc(C(O)c2ccc(OC3CC3)cc2)c(Cl)c1. The molecule has 1 aliphatic rings. The van der Waals surface area contributed by atoms with Gasteiger partial charge in [0.15, 0.2) is 0 Å². The molecule has 2 aromatic rings. The molecule has 0 bridgehead atoms. The minimum Gasteiger partial charge on any atom is -0.490 e. The van der Waals surface area contributed by atoms with Crippen LogP contribution in [0.4, 0.5) is 0 Å². The summed E-state index contributed by atoms with van der Waals surface area (Å²) < 4.78 is 5.70. The van der Waals surface area contributed by atoms with Crippen molar-refractivity contribution in [3.8, 4) is 5.75 Å². The Labute approximate surface area is 124 Å². The van der Waals surface area contributed by atoms with Gasteiger partial charge in [-0.2, -0.15) is 0 Å². The van der Waals surface area contributed by atoms with Crippen LogP contribution in [0.15, 0.2) is 42.5 Å². The molecule has 0 spiro atoms. The van der Waals surface area contributed by atoms with Gasteiger partial charge in [0.2, 0.25) is 0 Å². The Bertz CT molecular complexity index is 603. The van der Waals surface area contributed by atoms with E-state index in [9.17, 15) is 5.11 Å². The Hall–Kier alpha value is -1.51. The Kier molecular flexibility index (Phi) is 3.68. The van der Waals surface area contributed by atoms with Crippen molar-refractivity contribution in [3.63, 3.8) is 0 Å². The van der Waals surface area contributed by atoms with Crippen LogP contribution in [-0.2, 0) is 0 Å². The molecule has 1 atom stereocenters. The fourth-order valence-corrected chi connectivity index (χ4v) is 2.48. The quantitative estimate of drug-likeness (QED) is 0.910. The summed E-state index contributed by atoms with van der Waals surface area (Å²) in [5.74, 6) is 0.860. The van der Waals surface area contributed by atoms with Gasteiger partial charge in [0.05, 0.1) is 6.10 Å². The van der Waals surface area contributed by atoms with Crippen LogP contribution in [0.3, 0.4) is 0 Å². The van der Waals surface area contributed by atoms with E-state index in [2.05, 4.69) is 0 Å². The average Bonchev–Trinajstić information content (AvgIpc) is 3.23. The van der Waals surface area contributed by atoms with Gasteiger partial charge in [0.1, 0.15) is 11.9 Å². The molecular weight excluding hydrogens is 272 g/mol. The highest BCUT2D eigenvalue weighted by atomic mass is 35.5. The first-order valence-corrected chi connectivity index (χ1v) is 7.22. The number of aliphatic hydroxyl groups excluding tert-OH is 1. The van der Waals surface area contributed by atoms with Gasteiger partial charge >= 0.3 is 0 Å². The molecule has 2 nitrogen and oxygen atoms in total. The molecule has 3 rings (SSSR count). The molecular formula is C17H17ClO2. The highest BCUT2D eigenvalue weighted by Crippen LogP contribution is 2.31. The highest BCUT2D eigenvalue weighted by Gasteiger charge is 2.23. The third-order valence-corrected chi connectivity index (χ3v) is 3.80. The standard InChI is InChI=1S/C17H17ClO2/c1-11-2-9-15(16(18)10-11)17(19)12-3-5-13(6-4-12)20-14-7-8-14/h2-6,9-10,14,17,19H,7-8H2,1H3. The Balaban J connectivity index is 1.80.